The van der Waals surface area contributed by atoms with Crippen molar-refractivity contribution >= 4 is 51.0 Å². The summed E-state index contributed by atoms with van der Waals surface area (Å²) in [6.45, 7) is 3.39. The Balaban J connectivity index is 1.86. The molecule has 0 spiro atoms. The second kappa shape index (κ2) is 11.2. The van der Waals surface area contributed by atoms with Gasteiger partial charge in [-0.15, -0.1) is 11.8 Å². The maximum absolute atomic E-state index is 12.4. The fourth-order valence-electron chi connectivity index (χ4n) is 2.73. The Kier molecular flexibility index (Phi) is 8.92. The number of aryl methyl sites for hydroxylation is 1. The first kappa shape index (κ1) is 24.0. The van der Waals surface area contributed by atoms with Crippen molar-refractivity contribution in [2.24, 2.45) is 0 Å². The van der Waals surface area contributed by atoms with Crippen molar-refractivity contribution in [1.82, 2.24) is 4.90 Å². The first-order valence-electron chi connectivity index (χ1n) is 9.26. The van der Waals surface area contributed by atoms with E-state index in [-0.39, 0.29) is 29.9 Å². The molecule has 0 unspecified atom stereocenters. The van der Waals surface area contributed by atoms with Crippen LogP contribution in [-0.2, 0) is 15.3 Å². The van der Waals surface area contributed by atoms with Crippen molar-refractivity contribution in [2.75, 3.05) is 31.8 Å². The smallest absolute Gasteiger partial charge is 0.243 e. The first-order chi connectivity index (χ1) is 14.2. The van der Waals surface area contributed by atoms with Gasteiger partial charge in [0.1, 0.15) is 5.75 Å². The van der Waals surface area contributed by atoms with Crippen molar-refractivity contribution in [3.05, 3.63) is 57.6 Å². The molecule has 0 atom stereocenters. The molecule has 2 amide bonds. The topological polar surface area (TPSA) is 75.7 Å². The highest BCUT2D eigenvalue weighted by molar-refractivity contribution is 9.10. The monoisotopic (exact) mass is 492 g/mol. The number of rotatable bonds is 9. The van der Waals surface area contributed by atoms with Gasteiger partial charge in [0.05, 0.1) is 19.4 Å². The molecular weight excluding hydrogens is 468 g/mol. The van der Waals surface area contributed by atoms with E-state index in [0.29, 0.717) is 17.1 Å². The summed E-state index contributed by atoms with van der Waals surface area (Å²) < 4.78 is 6.27. The van der Waals surface area contributed by atoms with Crippen LogP contribution in [0.25, 0.3) is 0 Å². The lowest BCUT2D eigenvalue weighted by Crippen LogP contribution is -2.36. The van der Waals surface area contributed by atoms with Crippen LogP contribution in [0.3, 0.4) is 0 Å². The zero-order valence-corrected chi connectivity index (χ0v) is 19.9. The van der Waals surface area contributed by atoms with Crippen LogP contribution in [0.15, 0.2) is 40.9 Å². The Morgan fingerprint density at radius 3 is 2.53 bits per heavy atom. The minimum absolute atomic E-state index is 0.0215. The summed E-state index contributed by atoms with van der Waals surface area (Å²) >= 11 is 4.80. The van der Waals surface area contributed by atoms with E-state index < -0.39 is 0 Å². The van der Waals surface area contributed by atoms with Gasteiger partial charge in [-0.1, -0.05) is 15.9 Å². The van der Waals surface area contributed by atoms with Crippen LogP contribution in [0.1, 0.15) is 28.4 Å². The van der Waals surface area contributed by atoms with E-state index in [4.69, 9.17) is 4.74 Å². The summed E-state index contributed by atoms with van der Waals surface area (Å²) in [5.74, 6) is 0.994. The summed E-state index contributed by atoms with van der Waals surface area (Å²) in [6, 6.07) is 10.9. The minimum Gasteiger partial charge on any atom is -0.496 e. The number of carbonyl (C=O) groups is 3. The molecule has 0 saturated heterocycles. The van der Waals surface area contributed by atoms with Gasteiger partial charge in [0.25, 0.3) is 0 Å². The number of anilines is 1. The van der Waals surface area contributed by atoms with Gasteiger partial charge in [-0.25, -0.2) is 0 Å². The molecular formula is C22H25BrN2O4S. The predicted molar refractivity (Wildman–Crippen MR) is 124 cm³/mol. The number of nitrogens with zero attached hydrogens (tertiary/aromatic N) is 1. The fourth-order valence-corrected chi connectivity index (χ4v) is 4.15. The van der Waals surface area contributed by atoms with Gasteiger partial charge in [0, 0.05) is 34.1 Å². The molecule has 0 aliphatic carbocycles. The number of ketones is 1. The van der Waals surface area contributed by atoms with Crippen LogP contribution in [0, 0.1) is 6.92 Å². The van der Waals surface area contributed by atoms with Crippen molar-refractivity contribution in [1.29, 1.82) is 0 Å². The van der Waals surface area contributed by atoms with Crippen LogP contribution in [0.5, 0.6) is 5.75 Å². The highest BCUT2D eigenvalue weighted by atomic mass is 79.9. The lowest BCUT2D eigenvalue weighted by molar-refractivity contribution is -0.131. The standard InChI is InChI=1S/C22H25BrN2O4S/c1-14-9-18(23)6-7-19(14)24-21(27)11-25(3)22(28)13-30-12-17-10-16(15(2)26)5-8-20(17)29-4/h5-10H,11-13H2,1-4H3,(H,24,27). The minimum atomic E-state index is -0.253. The van der Waals surface area contributed by atoms with Crippen molar-refractivity contribution < 1.29 is 19.1 Å². The molecule has 2 aromatic rings. The third-order valence-corrected chi connectivity index (χ3v) is 5.90. The fraction of sp³-hybridized carbons (Fsp3) is 0.318. The van der Waals surface area contributed by atoms with E-state index in [2.05, 4.69) is 21.2 Å². The second-order valence-corrected chi connectivity index (χ2v) is 8.73. The first-order valence-corrected chi connectivity index (χ1v) is 11.2. The van der Waals surface area contributed by atoms with Crippen LogP contribution < -0.4 is 10.1 Å². The molecule has 0 radical (unpaired) electrons. The molecule has 0 aliphatic rings. The molecule has 30 heavy (non-hydrogen) atoms. The van der Waals surface area contributed by atoms with E-state index in [9.17, 15) is 14.4 Å². The number of likely N-dealkylation sites (N-methyl/N-ethyl adjacent to an activating group) is 1. The maximum Gasteiger partial charge on any atom is 0.243 e. The lowest BCUT2D eigenvalue weighted by atomic mass is 10.1. The SMILES string of the molecule is COc1ccc(C(C)=O)cc1CSCC(=O)N(C)CC(=O)Nc1ccc(Br)cc1C. The number of thioether (sulfide) groups is 1. The number of methoxy groups -OCH3 is 1. The zero-order chi connectivity index (χ0) is 22.3. The number of carbonyl (C=O) groups excluding carboxylic acids is 3. The highest BCUT2D eigenvalue weighted by Crippen LogP contribution is 2.25. The second-order valence-electron chi connectivity index (χ2n) is 6.83. The van der Waals surface area contributed by atoms with Crippen LogP contribution in [0.4, 0.5) is 5.69 Å². The van der Waals surface area contributed by atoms with E-state index in [1.54, 1.807) is 32.4 Å². The molecule has 8 heteroatoms. The molecule has 0 saturated carbocycles. The Morgan fingerprint density at radius 2 is 1.90 bits per heavy atom. The number of halogens is 1. The van der Waals surface area contributed by atoms with Crippen LogP contribution in [-0.4, -0.2) is 49.0 Å². The number of benzene rings is 2. The number of hydrogen-bond donors (Lipinski definition) is 1. The number of Topliss-reactive ketones (excluding diaryl/α,β-unsaturated/α-hetero) is 1. The maximum atomic E-state index is 12.4. The average Bonchev–Trinajstić information content (AvgIpc) is 2.69. The molecule has 1 N–H and O–H groups in total. The number of amides is 2. The highest BCUT2D eigenvalue weighted by Gasteiger charge is 2.15. The van der Waals surface area contributed by atoms with Gasteiger partial charge in [0.15, 0.2) is 5.78 Å². The largest absolute Gasteiger partial charge is 0.496 e. The molecule has 0 aliphatic heterocycles. The normalized spacial score (nSPS) is 10.4. The third-order valence-electron chi connectivity index (χ3n) is 4.44. The quantitative estimate of drug-likeness (QED) is 0.528. The zero-order valence-electron chi connectivity index (χ0n) is 17.5. The van der Waals surface area contributed by atoms with Gasteiger partial charge in [-0.2, -0.15) is 0 Å². The molecule has 0 bridgehead atoms. The summed E-state index contributed by atoms with van der Waals surface area (Å²) in [7, 11) is 3.18. The van der Waals surface area contributed by atoms with Crippen molar-refractivity contribution in [3.8, 4) is 5.75 Å². The van der Waals surface area contributed by atoms with Crippen LogP contribution >= 0.6 is 27.7 Å². The molecule has 160 valence electrons. The van der Waals surface area contributed by atoms with E-state index in [1.165, 1.54) is 23.6 Å². The Bertz CT molecular complexity index is 949. The van der Waals surface area contributed by atoms with Gasteiger partial charge >= 0.3 is 0 Å². The van der Waals surface area contributed by atoms with Gasteiger partial charge in [-0.3, -0.25) is 14.4 Å². The van der Waals surface area contributed by atoms with E-state index in [0.717, 1.165) is 21.3 Å². The molecule has 2 rings (SSSR count). The van der Waals surface area contributed by atoms with Gasteiger partial charge < -0.3 is 15.0 Å². The molecule has 0 heterocycles. The average molecular weight is 493 g/mol. The summed E-state index contributed by atoms with van der Waals surface area (Å²) in [5, 5.41) is 2.83. The number of nitrogens with one attached hydrogen (secondary N) is 1. The van der Waals surface area contributed by atoms with Crippen LogP contribution in [0.2, 0.25) is 0 Å². The van der Waals surface area contributed by atoms with Crippen molar-refractivity contribution in [2.45, 2.75) is 19.6 Å². The summed E-state index contributed by atoms with van der Waals surface area (Å²) in [6.07, 6.45) is 0. The molecule has 0 fully saturated rings. The van der Waals surface area contributed by atoms with E-state index >= 15 is 0 Å². The molecule has 2 aromatic carbocycles. The number of hydrogen-bond acceptors (Lipinski definition) is 5. The Hall–Kier alpha value is -2.32. The van der Waals surface area contributed by atoms with Gasteiger partial charge in [0.2, 0.25) is 11.8 Å². The lowest BCUT2D eigenvalue weighted by Gasteiger charge is -2.17. The van der Waals surface area contributed by atoms with E-state index in [1.807, 2.05) is 25.1 Å². The Morgan fingerprint density at radius 1 is 1.17 bits per heavy atom. The third kappa shape index (κ3) is 6.88. The molecule has 0 aromatic heterocycles. The summed E-state index contributed by atoms with van der Waals surface area (Å²) in [5.41, 5.74) is 3.11. The van der Waals surface area contributed by atoms with Crippen molar-refractivity contribution in [3.63, 3.8) is 0 Å². The number of ether oxygens (including phenoxy) is 1. The summed E-state index contributed by atoms with van der Waals surface area (Å²) in [4.78, 5) is 37.7. The predicted octanol–water partition coefficient (Wildman–Crippen LogP) is 4.30. The Labute approximate surface area is 189 Å². The van der Waals surface area contributed by atoms with Gasteiger partial charge in [-0.05, 0) is 55.8 Å². The molecule has 6 nitrogen and oxygen atoms in total.